The smallest absolute Gasteiger partial charge is 0.303 e. The molecule has 0 fully saturated rings. The van der Waals surface area contributed by atoms with E-state index >= 15 is 0 Å². The molecule has 0 aliphatic carbocycles. The lowest BCUT2D eigenvalue weighted by atomic mass is 9.76. The van der Waals surface area contributed by atoms with Gasteiger partial charge in [-0.15, -0.1) is 0 Å². The van der Waals surface area contributed by atoms with Crippen LogP contribution in [0.1, 0.15) is 86.5 Å². The van der Waals surface area contributed by atoms with Crippen LogP contribution in [0.2, 0.25) is 0 Å². The summed E-state index contributed by atoms with van der Waals surface area (Å²) in [5.74, 6) is -0.363. The highest BCUT2D eigenvalue weighted by Crippen LogP contribution is 2.32. The zero-order valence-corrected chi connectivity index (χ0v) is 15.3. The Bertz CT molecular complexity index is 308. The molecule has 0 amide bonds. The van der Waals surface area contributed by atoms with Crippen molar-refractivity contribution in [2.75, 3.05) is 0 Å². The molecule has 0 aliphatic rings. The number of aliphatic carboxylic acids is 2. The van der Waals surface area contributed by atoms with Gasteiger partial charge >= 0.3 is 11.9 Å². The lowest BCUT2D eigenvalue weighted by molar-refractivity contribution is -0.139. The topological polar surface area (TPSA) is 74.6 Å². The number of hydrogen-bond acceptors (Lipinski definition) is 2. The number of carboxylic acid groups (broad SMARTS) is 2. The number of hydrogen-bond donors (Lipinski definition) is 2. The molecule has 0 aromatic carbocycles. The first-order valence-corrected chi connectivity index (χ1v) is 8.46. The van der Waals surface area contributed by atoms with Crippen molar-refractivity contribution in [3.63, 3.8) is 0 Å². The maximum absolute atomic E-state index is 10.4. The summed E-state index contributed by atoms with van der Waals surface area (Å²) in [4.78, 5) is 20.5. The van der Waals surface area contributed by atoms with Crippen LogP contribution in [-0.2, 0) is 9.59 Å². The average Bonchev–Trinajstić information content (AvgIpc) is 2.37. The predicted molar refractivity (Wildman–Crippen MR) is 91.0 cm³/mol. The van der Waals surface area contributed by atoms with Gasteiger partial charge in [0.1, 0.15) is 0 Å². The minimum absolute atomic E-state index is 0.151. The Hall–Kier alpha value is -1.06. The molecule has 0 heterocycles. The van der Waals surface area contributed by atoms with Gasteiger partial charge in [0.15, 0.2) is 0 Å². The monoisotopic (exact) mass is 316 g/mol. The Labute approximate surface area is 136 Å². The van der Waals surface area contributed by atoms with Gasteiger partial charge in [-0.1, -0.05) is 67.2 Å². The van der Waals surface area contributed by atoms with Gasteiger partial charge in [0.25, 0.3) is 0 Å². The highest BCUT2D eigenvalue weighted by molar-refractivity contribution is 5.67. The molecular formula is C18H36O4. The molecule has 0 aliphatic heterocycles. The van der Waals surface area contributed by atoms with Gasteiger partial charge in [-0.2, -0.15) is 0 Å². The Kier molecular flexibility index (Phi) is 13.2. The third-order valence-electron chi connectivity index (χ3n) is 4.40. The van der Waals surface area contributed by atoms with Crippen molar-refractivity contribution in [3.8, 4) is 0 Å². The summed E-state index contributed by atoms with van der Waals surface area (Å²) in [5.41, 5.74) is 0.151. The second kappa shape index (κ2) is 12.5. The molecule has 0 radical (unpaired) electrons. The minimum Gasteiger partial charge on any atom is -0.481 e. The zero-order chi connectivity index (χ0) is 17.8. The second-order valence-electron chi connectivity index (χ2n) is 7.23. The van der Waals surface area contributed by atoms with E-state index in [1.54, 1.807) is 0 Å². The minimum atomic E-state index is -0.695. The first-order chi connectivity index (χ1) is 10.0. The lowest BCUT2D eigenvalue weighted by Gasteiger charge is -2.29. The SMILES string of the molecule is CC(C)CCCCCC(=O)O.CCC(C)(C)C(C)CC(=O)O. The summed E-state index contributed by atoms with van der Waals surface area (Å²) in [6.07, 6.45) is 5.93. The van der Waals surface area contributed by atoms with E-state index in [-0.39, 0.29) is 17.8 Å². The average molecular weight is 316 g/mol. The first kappa shape index (κ1) is 23.2. The number of carbonyl (C=O) groups is 2. The third kappa shape index (κ3) is 15.3. The zero-order valence-electron chi connectivity index (χ0n) is 15.3. The van der Waals surface area contributed by atoms with E-state index in [4.69, 9.17) is 10.2 Å². The van der Waals surface area contributed by atoms with Crippen molar-refractivity contribution in [2.45, 2.75) is 86.5 Å². The first-order valence-electron chi connectivity index (χ1n) is 8.46. The van der Waals surface area contributed by atoms with E-state index in [0.717, 1.165) is 25.2 Å². The largest absolute Gasteiger partial charge is 0.481 e. The fourth-order valence-corrected chi connectivity index (χ4v) is 1.89. The van der Waals surface area contributed by atoms with Gasteiger partial charge in [-0.25, -0.2) is 0 Å². The van der Waals surface area contributed by atoms with Crippen LogP contribution in [0.25, 0.3) is 0 Å². The van der Waals surface area contributed by atoms with Crippen molar-refractivity contribution in [1.82, 2.24) is 0 Å². The number of rotatable bonds is 10. The standard InChI is InChI=1S/2C9H18O2/c1-5-9(3,4)7(2)6-8(10)11;1-8(2)6-4-3-5-7-9(10)11/h7H,5-6H2,1-4H3,(H,10,11);8H,3-7H2,1-2H3,(H,10,11). The van der Waals surface area contributed by atoms with E-state index in [9.17, 15) is 9.59 Å². The van der Waals surface area contributed by atoms with Gasteiger partial charge in [0.05, 0.1) is 0 Å². The second-order valence-corrected chi connectivity index (χ2v) is 7.23. The molecule has 132 valence electrons. The van der Waals surface area contributed by atoms with Crippen LogP contribution in [0.15, 0.2) is 0 Å². The third-order valence-corrected chi connectivity index (χ3v) is 4.40. The van der Waals surface area contributed by atoms with Gasteiger partial charge < -0.3 is 10.2 Å². The molecular weight excluding hydrogens is 280 g/mol. The van der Waals surface area contributed by atoms with Crippen molar-refractivity contribution in [1.29, 1.82) is 0 Å². The molecule has 1 atom stereocenters. The van der Waals surface area contributed by atoms with Crippen molar-refractivity contribution >= 4 is 11.9 Å². The van der Waals surface area contributed by atoms with Crippen molar-refractivity contribution in [3.05, 3.63) is 0 Å². The van der Waals surface area contributed by atoms with Gasteiger partial charge in [-0.05, 0) is 23.7 Å². The van der Waals surface area contributed by atoms with E-state index in [0.29, 0.717) is 6.42 Å². The van der Waals surface area contributed by atoms with Gasteiger partial charge in [0, 0.05) is 12.8 Å². The van der Waals surface area contributed by atoms with Crippen molar-refractivity contribution in [2.24, 2.45) is 17.3 Å². The molecule has 22 heavy (non-hydrogen) atoms. The molecule has 0 saturated carbocycles. The summed E-state index contributed by atoms with van der Waals surface area (Å²) in [6.45, 7) is 12.7. The van der Waals surface area contributed by atoms with E-state index in [2.05, 4.69) is 34.6 Å². The maximum atomic E-state index is 10.4. The Morgan fingerprint density at radius 3 is 1.86 bits per heavy atom. The fourth-order valence-electron chi connectivity index (χ4n) is 1.89. The molecule has 4 nitrogen and oxygen atoms in total. The Morgan fingerprint density at radius 2 is 1.50 bits per heavy atom. The Balaban J connectivity index is 0. The molecule has 4 heteroatoms. The van der Waals surface area contributed by atoms with E-state index in [1.165, 1.54) is 12.8 Å². The summed E-state index contributed by atoms with van der Waals surface area (Å²) in [5, 5.41) is 16.9. The summed E-state index contributed by atoms with van der Waals surface area (Å²) < 4.78 is 0. The molecule has 0 rings (SSSR count). The highest BCUT2D eigenvalue weighted by atomic mass is 16.4. The van der Waals surface area contributed by atoms with Gasteiger partial charge in [-0.3, -0.25) is 9.59 Å². The summed E-state index contributed by atoms with van der Waals surface area (Å²) in [6, 6.07) is 0. The Morgan fingerprint density at radius 1 is 0.955 bits per heavy atom. The fraction of sp³-hybridized carbons (Fsp3) is 0.889. The number of carboxylic acids is 2. The van der Waals surface area contributed by atoms with Crippen LogP contribution in [0.5, 0.6) is 0 Å². The van der Waals surface area contributed by atoms with E-state index in [1.807, 2.05) is 6.92 Å². The highest BCUT2D eigenvalue weighted by Gasteiger charge is 2.25. The number of unbranched alkanes of at least 4 members (excludes halogenated alkanes) is 2. The molecule has 0 aromatic heterocycles. The summed E-state index contributed by atoms with van der Waals surface area (Å²) in [7, 11) is 0. The molecule has 2 N–H and O–H groups in total. The lowest BCUT2D eigenvalue weighted by Crippen LogP contribution is -2.22. The maximum Gasteiger partial charge on any atom is 0.303 e. The van der Waals surface area contributed by atoms with Gasteiger partial charge in [0.2, 0.25) is 0 Å². The molecule has 0 spiro atoms. The van der Waals surface area contributed by atoms with Crippen LogP contribution < -0.4 is 0 Å². The van der Waals surface area contributed by atoms with Crippen LogP contribution in [-0.4, -0.2) is 22.2 Å². The predicted octanol–water partition coefficient (Wildman–Crippen LogP) is 5.21. The normalized spacial score (nSPS) is 12.5. The molecule has 0 bridgehead atoms. The molecule has 1 unspecified atom stereocenters. The molecule has 0 aromatic rings. The van der Waals surface area contributed by atoms with Crippen LogP contribution in [0.3, 0.4) is 0 Å². The quantitative estimate of drug-likeness (QED) is 0.542. The van der Waals surface area contributed by atoms with Crippen LogP contribution >= 0.6 is 0 Å². The molecule has 0 saturated heterocycles. The van der Waals surface area contributed by atoms with Crippen LogP contribution in [0, 0.1) is 17.3 Å². The van der Waals surface area contributed by atoms with Crippen molar-refractivity contribution < 1.29 is 19.8 Å². The van der Waals surface area contributed by atoms with Crippen LogP contribution in [0.4, 0.5) is 0 Å². The summed E-state index contributed by atoms with van der Waals surface area (Å²) >= 11 is 0. The van der Waals surface area contributed by atoms with E-state index < -0.39 is 11.9 Å².